The number of halogens is 3. The number of alkyl halides is 2. The van der Waals surface area contributed by atoms with E-state index in [1.165, 1.54) is 17.2 Å². The van der Waals surface area contributed by atoms with Crippen LogP contribution in [0.1, 0.15) is 5.56 Å². The number of hydrogen-bond donors (Lipinski definition) is 1. The van der Waals surface area contributed by atoms with E-state index in [0.717, 1.165) is 12.3 Å². The summed E-state index contributed by atoms with van der Waals surface area (Å²) in [5, 5.41) is 0. The molecule has 0 fully saturated rings. The zero-order valence-corrected chi connectivity index (χ0v) is 9.65. The number of aromatic amines is 1. The lowest BCUT2D eigenvalue weighted by atomic mass is 10.2. The van der Waals surface area contributed by atoms with Crippen LogP contribution in [0.2, 0.25) is 0 Å². The molecule has 0 unspecified atom stereocenters. The van der Waals surface area contributed by atoms with E-state index >= 15 is 0 Å². The Bertz CT molecular complexity index is 579. The molecule has 1 N–H and O–H groups in total. The van der Waals surface area contributed by atoms with E-state index in [-0.39, 0.29) is 12.4 Å². The molecule has 5 nitrogen and oxygen atoms in total. The quantitative estimate of drug-likeness (QED) is 0.843. The number of nitrogens with zero attached hydrogens (tertiary/aromatic N) is 2. The lowest BCUT2D eigenvalue weighted by Gasteiger charge is -2.21. The zero-order valence-electron chi connectivity index (χ0n) is 9.65. The smallest absolute Gasteiger partial charge is 0.414 e. The van der Waals surface area contributed by atoms with E-state index in [2.05, 4.69) is 14.4 Å². The third kappa shape index (κ3) is 3.60. The van der Waals surface area contributed by atoms with E-state index in [1.54, 1.807) is 0 Å². The van der Waals surface area contributed by atoms with Gasteiger partial charge in [-0.2, -0.15) is 4.39 Å². The van der Waals surface area contributed by atoms with Crippen molar-refractivity contribution in [1.29, 1.82) is 0 Å². The molecular weight excluding hydrogens is 263 g/mol. The summed E-state index contributed by atoms with van der Waals surface area (Å²) in [7, 11) is 0. The third-order valence-electron chi connectivity index (χ3n) is 2.37. The predicted molar refractivity (Wildman–Crippen MR) is 60.6 cm³/mol. The van der Waals surface area contributed by atoms with Gasteiger partial charge in [-0.15, -0.1) is 0 Å². The van der Waals surface area contributed by atoms with Gasteiger partial charge < -0.3 is 9.32 Å². The van der Waals surface area contributed by atoms with Gasteiger partial charge in [0.25, 0.3) is 6.43 Å². The number of pyridine rings is 1. The van der Waals surface area contributed by atoms with Crippen molar-refractivity contribution in [2.24, 2.45) is 0 Å². The summed E-state index contributed by atoms with van der Waals surface area (Å²) < 4.78 is 42.2. The number of anilines is 1. The Labute approximate surface area is 105 Å². The maximum absolute atomic E-state index is 12.7. The average molecular weight is 273 g/mol. The molecule has 0 saturated heterocycles. The molecule has 0 aliphatic rings. The van der Waals surface area contributed by atoms with Gasteiger partial charge in [-0.1, -0.05) is 6.07 Å². The van der Waals surface area contributed by atoms with Crippen molar-refractivity contribution >= 4 is 5.82 Å². The highest BCUT2D eigenvalue weighted by atomic mass is 19.3. The van der Waals surface area contributed by atoms with Crippen LogP contribution in [0.25, 0.3) is 0 Å². The molecular formula is C11H10F3N3O2. The number of oxazole rings is 1. The second kappa shape index (κ2) is 5.59. The predicted octanol–water partition coefficient (Wildman–Crippen LogP) is 1.77. The number of hydrogen-bond acceptors (Lipinski definition) is 4. The van der Waals surface area contributed by atoms with E-state index < -0.39 is 24.7 Å². The molecule has 0 aliphatic heterocycles. The molecule has 0 bridgehead atoms. The molecule has 2 aromatic heterocycles. The Morgan fingerprint density at radius 1 is 1.42 bits per heavy atom. The maximum Gasteiger partial charge on any atom is 0.417 e. The van der Waals surface area contributed by atoms with E-state index in [4.69, 9.17) is 0 Å². The highest BCUT2D eigenvalue weighted by Crippen LogP contribution is 2.14. The fourth-order valence-electron chi connectivity index (χ4n) is 1.56. The molecule has 19 heavy (non-hydrogen) atoms. The Kier molecular flexibility index (Phi) is 3.88. The van der Waals surface area contributed by atoms with Gasteiger partial charge in [0.15, 0.2) is 0 Å². The van der Waals surface area contributed by atoms with E-state index in [1.807, 2.05) is 0 Å². The molecule has 0 radical (unpaired) electrons. The Morgan fingerprint density at radius 2 is 2.21 bits per heavy atom. The van der Waals surface area contributed by atoms with Crippen molar-refractivity contribution in [3.8, 4) is 0 Å². The molecule has 2 heterocycles. The molecule has 2 aromatic rings. The minimum atomic E-state index is -2.59. The lowest BCUT2D eigenvalue weighted by molar-refractivity contribution is 0.154. The summed E-state index contributed by atoms with van der Waals surface area (Å²) in [6.07, 6.45) is -0.292. The molecule has 8 heteroatoms. The lowest BCUT2D eigenvalue weighted by Crippen LogP contribution is -2.29. The second-order valence-corrected chi connectivity index (χ2v) is 3.79. The Balaban J connectivity index is 2.18. The van der Waals surface area contributed by atoms with E-state index in [9.17, 15) is 18.0 Å². The van der Waals surface area contributed by atoms with Crippen LogP contribution in [-0.4, -0.2) is 22.9 Å². The van der Waals surface area contributed by atoms with Crippen LogP contribution >= 0.6 is 0 Å². The van der Waals surface area contributed by atoms with Gasteiger partial charge in [0.2, 0.25) is 5.95 Å². The number of rotatable bonds is 5. The Morgan fingerprint density at radius 3 is 2.74 bits per heavy atom. The maximum atomic E-state index is 12.7. The molecule has 0 aromatic carbocycles. The van der Waals surface area contributed by atoms with Crippen molar-refractivity contribution in [3.05, 3.63) is 46.7 Å². The largest absolute Gasteiger partial charge is 0.417 e. The molecule has 2 rings (SSSR count). The first-order valence-electron chi connectivity index (χ1n) is 5.36. The highest BCUT2D eigenvalue weighted by molar-refractivity contribution is 5.35. The van der Waals surface area contributed by atoms with Gasteiger partial charge in [0, 0.05) is 12.7 Å². The Hall–Kier alpha value is -2.25. The molecule has 0 saturated carbocycles. The normalized spacial score (nSPS) is 10.9. The van der Waals surface area contributed by atoms with Gasteiger partial charge in [-0.3, -0.25) is 4.98 Å². The fourth-order valence-corrected chi connectivity index (χ4v) is 1.56. The highest BCUT2D eigenvalue weighted by Gasteiger charge is 2.16. The van der Waals surface area contributed by atoms with Crippen molar-refractivity contribution < 1.29 is 17.6 Å². The molecule has 0 amide bonds. The van der Waals surface area contributed by atoms with Gasteiger partial charge in [0.1, 0.15) is 12.1 Å². The minimum absolute atomic E-state index is 0.0487. The fraction of sp³-hybridized carbons (Fsp3) is 0.273. The first-order chi connectivity index (χ1) is 9.04. The van der Waals surface area contributed by atoms with Gasteiger partial charge >= 0.3 is 5.76 Å². The zero-order chi connectivity index (χ0) is 13.8. The SMILES string of the molecule is O=c1[nH]c(N(Cc2ccc(F)nc2)CC(F)F)co1. The first kappa shape index (κ1) is 13.2. The summed E-state index contributed by atoms with van der Waals surface area (Å²) in [6.45, 7) is -0.542. The van der Waals surface area contributed by atoms with Crippen LogP contribution in [0.3, 0.4) is 0 Å². The average Bonchev–Trinajstić information content (AvgIpc) is 2.77. The van der Waals surface area contributed by atoms with Crippen LogP contribution in [0.5, 0.6) is 0 Å². The summed E-state index contributed by atoms with van der Waals surface area (Å²) in [5.41, 5.74) is 0.532. The minimum Gasteiger partial charge on any atom is -0.414 e. The van der Waals surface area contributed by atoms with E-state index in [0.29, 0.717) is 5.56 Å². The van der Waals surface area contributed by atoms with Crippen molar-refractivity contribution in [3.63, 3.8) is 0 Å². The van der Waals surface area contributed by atoms with Crippen LogP contribution in [0, 0.1) is 5.95 Å². The summed E-state index contributed by atoms with van der Waals surface area (Å²) in [4.78, 5) is 17.8. The third-order valence-corrected chi connectivity index (χ3v) is 2.37. The van der Waals surface area contributed by atoms with Gasteiger partial charge in [0.05, 0.1) is 6.54 Å². The van der Waals surface area contributed by atoms with Crippen molar-refractivity contribution in [2.45, 2.75) is 13.0 Å². The molecule has 0 spiro atoms. The number of H-pyrrole nitrogens is 1. The summed E-state index contributed by atoms with van der Waals surface area (Å²) in [5.74, 6) is -1.25. The molecule has 0 atom stereocenters. The standard InChI is InChI=1S/C11H10F3N3O2/c12-8(13)5-17(10-6-19-11(18)16-10)4-7-1-2-9(14)15-3-7/h1-3,6,8H,4-5H2,(H,16,18). The summed E-state index contributed by atoms with van der Waals surface area (Å²) in [6, 6.07) is 2.56. The van der Waals surface area contributed by atoms with Crippen LogP contribution in [0.15, 0.2) is 33.8 Å². The van der Waals surface area contributed by atoms with Crippen molar-refractivity contribution in [1.82, 2.24) is 9.97 Å². The monoisotopic (exact) mass is 273 g/mol. The summed E-state index contributed by atoms with van der Waals surface area (Å²) >= 11 is 0. The first-order valence-corrected chi connectivity index (χ1v) is 5.36. The van der Waals surface area contributed by atoms with Gasteiger partial charge in [-0.25, -0.2) is 18.6 Å². The second-order valence-electron chi connectivity index (χ2n) is 3.79. The van der Waals surface area contributed by atoms with Crippen LogP contribution in [0.4, 0.5) is 19.0 Å². The number of aromatic nitrogens is 2. The van der Waals surface area contributed by atoms with Gasteiger partial charge in [-0.05, 0) is 11.6 Å². The molecule has 0 aliphatic carbocycles. The van der Waals surface area contributed by atoms with Crippen LogP contribution in [-0.2, 0) is 6.54 Å². The molecule has 102 valence electrons. The van der Waals surface area contributed by atoms with Crippen molar-refractivity contribution in [2.75, 3.05) is 11.4 Å². The topological polar surface area (TPSA) is 62.1 Å². The van der Waals surface area contributed by atoms with Crippen LogP contribution < -0.4 is 10.7 Å². The number of nitrogens with one attached hydrogen (secondary N) is 1.